The van der Waals surface area contributed by atoms with Crippen LogP contribution >= 0.6 is 23.2 Å². The second-order valence-corrected chi connectivity index (χ2v) is 3.40. The maximum atomic E-state index is 5.62. The minimum absolute atomic E-state index is 0.00344. The molecule has 0 aromatic heterocycles. The van der Waals surface area contributed by atoms with Crippen molar-refractivity contribution in [3.05, 3.63) is 25.3 Å². The Kier molecular flexibility index (Phi) is 8.62. The minimum Gasteiger partial charge on any atom is -0.367 e. The molecule has 0 N–H and O–H groups in total. The van der Waals surface area contributed by atoms with Crippen molar-refractivity contribution in [3.63, 3.8) is 0 Å². The first-order valence-corrected chi connectivity index (χ1v) is 5.37. The predicted molar refractivity (Wildman–Crippen MR) is 59.7 cm³/mol. The van der Waals surface area contributed by atoms with Crippen molar-refractivity contribution in [3.8, 4) is 0 Å². The summed E-state index contributed by atoms with van der Waals surface area (Å²) in [5.74, 6) is 1.14. The summed E-state index contributed by atoms with van der Waals surface area (Å²) in [4.78, 5) is 0. The van der Waals surface area contributed by atoms with Crippen LogP contribution in [0.3, 0.4) is 0 Å². The van der Waals surface area contributed by atoms with Gasteiger partial charge in [-0.15, -0.1) is 36.4 Å². The predicted octanol–water partition coefficient (Wildman–Crippen LogP) is 3.37. The van der Waals surface area contributed by atoms with Gasteiger partial charge in [-0.1, -0.05) is 12.2 Å². The van der Waals surface area contributed by atoms with Crippen LogP contribution in [0.1, 0.15) is 12.8 Å². The fourth-order valence-electron chi connectivity index (χ4n) is 0.922. The molecule has 0 radical (unpaired) electrons. The first kappa shape index (κ1) is 13.0. The highest BCUT2D eigenvalue weighted by Gasteiger charge is 2.10. The Hall–Kier alpha value is 0.0200. The fourth-order valence-corrected chi connectivity index (χ4v) is 1.35. The quantitative estimate of drug-likeness (QED) is 0.452. The van der Waals surface area contributed by atoms with Crippen LogP contribution in [-0.4, -0.2) is 24.0 Å². The van der Waals surface area contributed by atoms with Gasteiger partial charge in [0.2, 0.25) is 0 Å². The van der Waals surface area contributed by atoms with E-state index in [-0.39, 0.29) is 12.2 Å². The molecule has 0 aromatic rings. The molecule has 0 rings (SSSR count). The summed E-state index contributed by atoms with van der Waals surface area (Å²) in [6, 6.07) is 0. The molecule has 0 aliphatic rings. The summed E-state index contributed by atoms with van der Waals surface area (Å²) in [6.07, 6.45) is 5.07. The van der Waals surface area contributed by atoms with E-state index in [9.17, 15) is 0 Å². The highest BCUT2D eigenvalue weighted by Crippen LogP contribution is 2.09. The molecule has 0 saturated carbocycles. The van der Waals surface area contributed by atoms with Gasteiger partial charge in [-0.2, -0.15) is 0 Å². The number of hydrogen-bond acceptors (Lipinski definition) is 1. The molecule has 0 spiro atoms. The van der Waals surface area contributed by atoms with Gasteiger partial charge in [-0.3, -0.25) is 0 Å². The van der Waals surface area contributed by atoms with Crippen molar-refractivity contribution in [2.24, 2.45) is 0 Å². The minimum atomic E-state index is 0.00344. The molecule has 1 nitrogen and oxygen atoms in total. The van der Waals surface area contributed by atoms with Crippen molar-refractivity contribution in [2.75, 3.05) is 11.8 Å². The Morgan fingerprint density at radius 2 is 1.38 bits per heavy atom. The third-order valence-electron chi connectivity index (χ3n) is 1.66. The number of halogens is 2. The van der Waals surface area contributed by atoms with E-state index < -0.39 is 0 Å². The Labute approximate surface area is 90.4 Å². The lowest BCUT2D eigenvalue weighted by atomic mass is 10.2. The summed E-state index contributed by atoms with van der Waals surface area (Å²) < 4.78 is 5.62. The Morgan fingerprint density at radius 3 is 1.62 bits per heavy atom. The SMILES string of the molecule is C=CC(CCCl)OC(C=C)CCCl. The number of rotatable bonds is 8. The van der Waals surface area contributed by atoms with E-state index in [1.54, 1.807) is 12.2 Å². The standard InChI is InChI=1S/C10H16Cl2O/c1-3-9(5-7-11)13-10(4-2)6-8-12/h3-4,9-10H,1-2,5-8H2. The molecule has 0 aliphatic heterocycles. The number of hydrogen-bond donors (Lipinski definition) is 0. The fraction of sp³-hybridized carbons (Fsp3) is 0.600. The van der Waals surface area contributed by atoms with Crippen molar-refractivity contribution in [2.45, 2.75) is 25.0 Å². The van der Waals surface area contributed by atoms with Crippen molar-refractivity contribution >= 4 is 23.2 Å². The summed E-state index contributed by atoms with van der Waals surface area (Å²) in [7, 11) is 0. The average Bonchev–Trinajstić information content (AvgIpc) is 2.16. The summed E-state index contributed by atoms with van der Waals surface area (Å²) >= 11 is 11.2. The molecule has 0 fully saturated rings. The van der Waals surface area contributed by atoms with E-state index in [0.29, 0.717) is 11.8 Å². The lowest BCUT2D eigenvalue weighted by Gasteiger charge is -2.18. The van der Waals surface area contributed by atoms with Crippen LogP contribution in [0.25, 0.3) is 0 Å². The smallest absolute Gasteiger partial charge is 0.0772 e. The molecule has 3 heteroatoms. The lowest BCUT2D eigenvalue weighted by molar-refractivity contribution is 0.0389. The van der Waals surface area contributed by atoms with Crippen LogP contribution in [0.4, 0.5) is 0 Å². The molecule has 76 valence electrons. The molecule has 13 heavy (non-hydrogen) atoms. The molecule has 2 unspecified atom stereocenters. The van der Waals surface area contributed by atoms with Gasteiger partial charge in [0.1, 0.15) is 0 Å². The lowest BCUT2D eigenvalue weighted by Crippen LogP contribution is -2.19. The van der Waals surface area contributed by atoms with E-state index in [1.165, 1.54) is 0 Å². The maximum Gasteiger partial charge on any atom is 0.0772 e. The third kappa shape index (κ3) is 6.14. The highest BCUT2D eigenvalue weighted by atomic mass is 35.5. The summed E-state index contributed by atoms with van der Waals surface area (Å²) in [5.41, 5.74) is 0. The topological polar surface area (TPSA) is 9.23 Å². The second-order valence-electron chi connectivity index (χ2n) is 2.64. The summed E-state index contributed by atoms with van der Waals surface area (Å²) in [5, 5.41) is 0. The van der Waals surface area contributed by atoms with Crippen LogP contribution in [-0.2, 0) is 4.74 Å². The number of alkyl halides is 2. The van der Waals surface area contributed by atoms with E-state index in [1.807, 2.05) is 0 Å². The first-order valence-electron chi connectivity index (χ1n) is 4.31. The van der Waals surface area contributed by atoms with E-state index in [2.05, 4.69) is 13.2 Å². The van der Waals surface area contributed by atoms with Crippen molar-refractivity contribution in [1.82, 2.24) is 0 Å². The van der Waals surface area contributed by atoms with Gasteiger partial charge in [-0.25, -0.2) is 0 Å². The van der Waals surface area contributed by atoms with Gasteiger partial charge >= 0.3 is 0 Å². The zero-order valence-corrected chi connectivity index (χ0v) is 9.23. The molecule has 0 heterocycles. The molecule has 0 saturated heterocycles. The van der Waals surface area contributed by atoms with Gasteiger partial charge in [0.25, 0.3) is 0 Å². The third-order valence-corrected chi connectivity index (χ3v) is 2.10. The molecule has 0 amide bonds. The van der Waals surface area contributed by atoms with Crippen LogP contribution in [0.15, 0.2) is 25.3 Å². The molecule has 2 atom stereocenters. The van der Waals surface area contributed by atoms with Gasteiger partial charge in [-0.05, 0) is 12.8 Å². The maximum absolute atomic E-state index is 5.62. The Morgan fingerprint density at radius 1 is 1.00 bits per heavy atom. The van der Waals surface area contributed by atoms with Crippen molar-refractivity contribution < 1.29 is 4.74 Å². The Balaban J connectivity index is 3.86. The van der Waals surface area contributed by atoms with Gasteiger partial charge < -0.3 is 4.74 Å². The highest BCUT2D eigenvalue weighted by molar-refractivity contribution is 6.18. The monoisotopic (exact) mass is 222 g/mol. The van der Waals surface area contributed by atoms with Crippen LogP contribution in [0, 0.1) is 0 Å². The van der Waals surface area contributed by atoms with E-state index in [0.717, 1.165) is 12.8 Å². The van der Waals surface area contributed by atoms with Crippen LogP contribution in [0.5, 0.6) is 0 Å². The largest absolute Gasteiger partial charge is 0.367 e. The van der Waals surface area contributed by atoms with Crippen LogP contribution < -0.4 is 0 Å². The molecule has 0 bridgehead atoms. The Bertz CT molecular complexity index is 132. The zero-order chi connectivity index (χ0) is 10.1. The van der Waals surface area contributed by atoms with Gasteiger partial charge in [0, 0.05) is 11.8 Å². The normalized spacial score (nSPS) is 14.9. The van der Waals surface area contributed by atoms with Gasteiger partial charge in [0.05, 0.1) is 12.2 Å². The second kappa shape index (κ2) is 8.61. The number of ether oxygens (including phenoxy) is 1. The summed E-state index contributed by atoms with van der Waals surface area (Å²) in [6.45, 7) is 7.35. The van der Waals surface area contributed by atoms with E-state index >= 15 is 0 Å². The van der Waals surface area contributed by atoms with Crippen molar-refractivity contribution in [1.29, 1.82) is 0 Å². The van der Waals surface area contributed by atoms with Gasteiger partial charge in [0.15, 0.2) is 0 Å². The molecule has 0 aromatic carbocycles. The van der Waals surface area contributed by atoms with Crippen LogP contribution in [0.2, 0.25) is 0 Å². The first-order chi connectivity index (χ1) is 6.28. The zero-order valence-electron chi connectivity index (χ0n) is 7.72. The van der Waals surface area contributed by atoms with E-state index in [4.69, 9.17) is 27.9 Å². The molecule has 0 aliphatic carbocycles. The average molecular weight is 223 g/mol. The molecular formula is C10H16Cl2O. The molecular weight excluding hydrogens is 207 g/mol.